The van der Waals surface area contributed by atoms with E-state index in [2.05, 4.69) is 12.6 Å². The number of nitrogens with zero attached hydrogens (tertiary/aromatic N) is 1. The molecule has 5 heteroatoms. The Balaban J connectivity index is 2.16. The van der Waals surface area contributed by atoms with Crippen LogP contribution in [0.4, 0.5) is 0 Å². The van der Waals surface area contributed by atoms with E-state index in [1.807, 2.05) is 54.3 Å². The smallest absolute Gasteiger partial charge is 0.226 e. The lowest BCUT2D eigenvalue weighted by molar-refractivity contribution is -0.148. The van der Waals surface area contributed by atoms with Crippen LogP contribution < -0.4 is 0 Å². The molecule has 0 saturated carbocycles. The van der Waals surface area contributed by atoms with E-state index in [-0.39, 0.29) is 36.4 Å². The predicted molar refractivity (Wildman–Crippen MR) is 119 cm³/mol. The third-order valence-electron chi connectivity index (χ3n) is 5.84. The van der Waals surface area contributed by atoms with Crippen molar-refractivity contribution in [2.75, 3.05) is 6.61 Å². The first kappa shape index (κ1) is 21.9. The molecule has 1 N–H and O–H groups in total. The molecule has 29 heavy (non-hydrogen) atoms. The maximum absolute atomic E-state index is 13.5. The molecule has 154 valence electrons. The first-order chi connectivity index (χ1) is 14.0. The zero-order chi connectivity index (χ0) is 21.0. The molecule has 1 amide bonds. The lowest BCUT2D eigenvalue weighted by atomic mass is 9.74. The number of aliphatic hydroxyl groups excluding tert-OH is 1. The van der Waals surface area contributed by atoms with Crippen molar-refractivity contribution < 1.29 is 9.90 Å². The van der Waals surface area contributed by atoms with E-state index in [1.165, 1.54) is 0 Å². The van der Waals surface area contributed by atoms with Gasteiger partial charge in [0.05, 0.1) is 18.7 Å². The molecule has 0 aromatic heterocycles. The molecule has 2 unspecified atom stereocenters. The molecule has 0 spiro atoms. The second-order valence-electron chi connectivity index (χ2n) is 7.61. The van der Waals surface area contributed by atoms with Crippen LogP contribution in [0.25, 0.3) is 0 Å². The van der Waals surface area contributed by atoms with Crippen molar-refractivity contribution in [3.05, 3.63) is 82.4 Å². The average molecular weight is 432 g/mol. The minimum absolute atomic E-state index is 0.0538. The fourth-order valence-electron chi connectivity index (χ4n) is 4.41. The number of halogens is 2. The van der Waals surface area contributed by atoms with Crippen LogP contribution in [0.5, 0.6) is 0 Å². The molecule has 0 bridgehead atoms. The lowest BCUT2D eigenvalue weighted by Crippen LogP contribution is -2.52. The van der Waals surface area contributed by atoms with E-state index in [0.29, 0.717) is 29.3 Å². The standard InChI is InChI=1S/C24H27Cl2NO2/c1-3-6-18-14-22(17-7-5-8-20(26)13-17)23(16-9-11-19(25)12-10-16)27(24(18)29)21(4-2)15-28/h3,5,7-13,18,21-23,28H,1,4,6,14-15H2,2H3/t18-,21?,22?,23-/m1/s1. The number of piperidine rings is 1. The van der Waals surface area contributed by atoms with Crippen molar-refractivity contribution in [3.8, 4) is 0 Å². The van der Waals surface area contributed by atoms with Crippen molar-refractivity contribution in [2.24, 2.45) is 5.92 Å². The lowest BCUT2D eigenvalue weighted by Gasteiger charge is -2.48. The summed E-state index contributed by atoms with van der Waals surface area (Å²) in [6.07, 6.45) is 3.80. The Morgan fingerprint density at radius 3 is 2.48 bits per heavy atom. The SMILES string of the molecule is C=CC[C@@H]1CC(c2cccc(Cl)c2)[C@@H](c2ccc(Cl)cc2)N(C(CC)CO)C1=O. The van der Waals surface area contributed by atoms with Crippen LogP contribution in [0.15, 0.2) is 61.2 Å². The predicted octanol–water partition coefficient (Wildman–Crippen LogP) is 6.01. The van der Waals surface area contributed by atoms with Gasteiger partial charge in [-0.3, -0.25) is 4.79 Å². The fraction of sp³-hybridized carbons (Fsp3) is 0.375. The number of likely N-dealkylation sites (tertiary alicyclic amines) is 1. The summed E-state index contributed by atoms with van der Waals surface area (Å²) in [6, 6.07) is 15.1. The highest BCUT2D eigenvalue weighted by atomic mass is 35.5. The van der Waals surface area contributed by atoms with Gasteiger partial charge in [-0.05, 0) is 54.7 Å². The van der Waals surface area contributed by atoms with Gasteiger partial charge in [0.15, 0.2) is 0 Å². The van der Waals surface area contributed by atoms with Gasteiger partial charge >= 0.3 is 0 Å². The molecule has 2 aromatic carbocycles. The Morgan fingerprint density at radius 2 is 1.90 bits per heavy atom. The summed E-state index contributed by atoms with van der Waals surface area (Å²) in [6.45, 7) is 5.77. The number of rotatable bonds is 7. The Labute approximate surface area is 182 Å². The van der Waals surface area contributed by atoms with E-state index in [0.717, 1.165) is 11.1 Å². The van der Waals surface area contributed by atoms with Crippen LogP contribution in [0.1, 0.15) is 49.3 Å². The molecule has 1 aliphatic rings. The molecule has 0 aliphatic carbocycles. The number of aliphatic hydroxyl groups is 1. The topological polar surface area (TPSA) is 40.5 Å². The van der Waals surface area contributed by atoms with Gasteiger partial charge in [-0.2, -0.15) is 0 Å². The Hall–Kier alpha value is -1.81. The van der Waals surface area contributed by atoms with Crippen LogP contribution in [0, 0.1) is 5.92 Å². The van der Waals surface area contributed by atoms with Gasteiger partial charge in [0.25, 0.3) is 0 Å². The highest BCUT2D eigenvalue weighted by molar-refractivity contribution is 6.30. The summed E-state index contributed by atoms with van der Waals surface area (Å²) in [7, 11) is 0. The van der Waals surface area contributed by atoms with E-state index < -0.39 is 0 Å². The van der Waals surface area contributed by atoms with Crippen molar-refractivity contribution >= 4 is 29.1 Å². The Bertz CT molecular complexity index is 848. The number of benzene rings is 2. The maximum Gasteiger partial charge on any atom is 0.226 e. The number of carbonyl (C=O) groups excluding carboxylic acids is 1. The third-order valence-corrected chi connectivity index (χ3v) is 6.32. The first-order valence-corrected chi connectivity index (χ1v) is 10.8. The monoisotopic (exact) mass is 431 g/mol. The van der Waals surface area contributed by atoms with Gasteiger partial charge in [-0.15, -0.1) is 6.58 Å². The zero-order valence-electron chi connectivity index (χ0n) is 16.6. The molecule has 1 saturated heterocycles. The molecule has 4 atom stereocenters. The minimum Gasteiger partial charge on any atom is -0.394 e. The zero-order valence-corrected chi connectivity index (χ0v) is 18.1. The maximum atomic E-state index is 13.5. The molecule has 1 fully saturated rings. The second kappa shape index (κ2) is 9.80. The van der Waals surface area contributed by atoms with Crippen molar-refractivity contribution in [1.82, 2.24) is 4.90 Å². The average Bonchev–Trinajstić information content (AvgIpc) is 2.72. The van der Waals surface area contributed by atoms with Crippen molar-refractivity contribution in [2.45, 2.75) is 44.2 Å². The van der Waals surface area contributed by atoms with E-state index in [9.17, 15) is 9.90 Å². The summed E-state index contributed by atoms with van der Waals surface area (Å²) >= 11 is 12.4. The van der Waals surface area contributed by atoms with Gasteiger partial charge < -0.3 is 10.0 Å². The minimum atomic E-state index is -0.252. The third kappa shape index (κ3) is 4.69. The molecular formula is C24H27Cl2NO2. The molecule has 0 radical (unpaired) electrons. The Morgan fingerprint density at radius 1 is 1.17 bits per heavy atom. The molecule has 1 aliphatic heterocycles. The summed E-state index contributed by atoms with van der Waals surface area (Å²) < 4.78 is 0. The number of allylic oxidation sites excluding steroid dienone is 1. The quantitative estimate of drug-likeness (QED) is 0.544. The number of hydrogen-bond acceptors (Lipinski definition) is 2. The van der Waals surface area contributed by atoms with Crippen LogP contribution in [0.2, 0.25) is 10.0 Å². The van der Waals surface area contributed by atoms with E-state index in [1.54, 1.807) is 6.08 Å². The normalized spacial score (nSPS) is 23.1. The highest BCUT2D eigenvalue weighted by Gasteiger charge is 2.44. The van der Waals surface area contributed by atoms with Gasteiger partial charge in [-0.25, -0.2) is 0 Å². The second-order valence-corrected chi connectivity index (χ2v) is 8.48. The van der Waals surface area contributed by atoms with Crippen LogP contribution in [-0.2, 0) is 4.79 Å². The molecule has 1 heterocycles. The summed E-state index contributed by atoms with van der Waals surface area (Å²) in [5.41, 5.74) is 2.11. The Kier molecular flexibility index (Phi) is 7.39. The summed E-state index contributed by atoms with van der Waals surface area (Å²) in [4.78, 5) is 15.4. The largest absolute Gasteiger partial charge is 0.394 e. The van der Waals surface area contributed by atoms with Crippen LogP contribution >= 0.6 is 23.2 Å². The summed E-state index contributed by atoms with van der Waals surface area (Å²) in [5.74, 6) is -0.0391. The molecule has 3 rings (SSSR count). The number of carbonyl (C=O) groups is 1. The molecular weight excluding hydrogens is 405 g/mol. The molecule has 3 nitrogen and oxygen atoms in total. The van der Waals surface area contributed by atoms with Crippen molar-refractivity contribution in [3.63, 3.8) is 0 Å². The van der Waals surface area contributed by atoms with Crippen LogP contribution in [-0.4, -0.2) is 28.6 Å². The van der Waals surface area contributed by atoms with E-state index >= 15 is 0 Å². The van der Waals surface area contributed by atoms with Gasteiger partial charge in [0.1, 0.15) is 0 Å². The number of hydrogen-bond donors (Lipinski definition) is 1. The highest BCUT2D eigenvalue weighted by Crippen LogP contribution is 2.47. The number of amides is 1. The van der Waals surface area contributed by atoms with Gasteiger partial charge in [0, 0.05) is 21.9 Å². The van der Waals surface area contributed by atoms with Gasteiger partial charge in [-0.1, -0.05) is 60.5 Å². The molecule has 2 aromatic rings. The van der Waals surface area contributed by atoms with E-state index in [4.69, 9.17) is 23.2 Å². The fourth-order valence-corrected chi connectivity index (χ4v) is 4.73. The van der Waals surface area contributed by atoms with Crippen molar-refractivity contribution in [1.29, 1.82) is 0 Å². The first-order valence-electron chi connectivity index (χ1n) is 10.0. The summed E-state index contributed by atoms with van der Waals surface area (Å²) in [5, 5.41) is 11.4. The van der Waals surface area contributed by atoms with Gasteiger partial charge in [0.2, 0.25) is 5.91 Å². The van der Waals surface area contributed by atoms with Crippen LogP contribution in [0.3, 0.4) is 0 Å².